The summed E-state index contributed by atoms with van der Waals surface area (Å²) in [7, 11) is 1.26. The second-order valence-corrected chi connectivity index (χ2v) is 15.7. The van der Waals surface area contributed by atoms with E-state index in [1.165, 1.54) is 12.0 Å². The number of para-hydroxylation sites is 2. The maximum absolute atomic E-state index is 14.4. The van der Waals surface area contributed by atoms with Crippen LogP contribution in [0.2, 0.25) is 0 Å². The van der Waals surface area contributed by atoms with Crippen LogP contribution in [0.1, 0.15) is 63.4 Å². The summed E-state index contributed by atoms with van der Waals surface area (Å²) in [6.07, 6.45) is 2.13. The van der Waals surface area contributed by atoms with Crippen LogP contribution < -0.4 is 16.0 Å². The van der Waals surface area contributed by atoms with Crippen LogP contribution in [0.15, 0.2) is 85.1 Å². The highest BCUT2D eigenvalue weighted by Crippen LogP contribution is 2.31. The van der Waals surface area contributed by atoms with E-state index < -0.39 is 59.6 Å². The Hall–Kier alpha value is -6.11. The first kappa shape index (κ1) is 40.6. The van der Waals surface area contributed by atoms with Crippen molar-refractivity contribution < 1.29 is 33.4 Å². The summed E-state index contributed by atoms with van der Waals surface area (Å²) in [6, 6.07) is 20.4. The van der Waals surface area contributed by atoms with Crippen LogP contribution in [-0.2, 0) is 54.5 Å². The Morgan fingerprint density at radius 1 is 0.825 bits per heavy atom. The number of esters is 1. The van der Waals surface area contributed by atoms with Crippen LogP contribution in [0.25, 0.3) is 21.8 Å². The highest BCUT2D eigenvalue weighted by molar-refractivity contribution is 5.96. The number of aromatic amines is 2. The van der Waals surface area contributed by atoms with Gasteiger partial charge in [-0.2, -0.15) is 0 Å². The fourth-order valence-electron chi connectivity index (χ4n) is 7.35. The Morgan fingerprint density at radius 3 is 2.16 bits per heavy atom. The van der Waals surface area contributed by atoms with Gasteiger partial charge in [0.25, 0.3) is 0 Å². The number of hydrogen-bond donors (Lipinski definition) is 5. The van der Waals surface area contributed by atoms with E-state index in [-0.39, 0.29) is 31.7 Å². The summed E-state index contributed by atoms with van der Waals surface area (Å²) < 4.78 is 10.8. The van der Waals surface area contributed by atoms with E-state index in [2.05, 4.69) is 25.9 Å². The molecule has 4 amide bonds. The number of rotatable bonds is 13. The van der Waals surface area contributed by atoms with Gasteiger partial charge in [-0.1, -0.05) is 87.0 Å². The van der Waals surface area contributed by atoms with Gasteiger partial charge in [-0.25, -0.2) is 9.59 Å². The molecule has 0 spiro atoms. The number of aromatic nitrogens is 2. The van der Waals surface area contributed by atoms with Crippen molar-refractivity contribution in [2.24, 2.45) is 5.92 Å². The van der Waals surface area contributed by atoms with Crippen molar-refractivity contribution in [1.82, 2.24) is 30.8 Å². The number of amides is 4. The molecular weight excluding hydrogens is 725 g/mol. The van der Waals surface area contributed by atoms with Gasteiger partial charge in [0.2, 0.25) is 17.7 Å². The van der Waals surface area contributed by atoms with Gasteiger partial charge in [-0.05, 0) is 55.5 Å². The first-order valence-electron chi connectivity index (χ1n) is 19.4. The number of hydrogen-bond acceptors (Lipinski definition) is 7. The van der Waals surface area contributed by atoms with Gasteiger partial charge in [0.05, 0.1) is 13.7 Å². The zero-order valence-corrected chi connectivity index (χ0v) is 33.3. The van der Waals surface area contributed by atoms with E-state index in [1.807, 2.05) is 92.7 Å². The molecule has 0 unspecified atom stereocenters. The van der Waals surface area contributed by atoms with Gasteiger partial charge < -0.3 is 35.4 Å². The predicted octanol–water partition coefficient (Wildman–Crippen LogP) is 5.47. The number of benzene rings is 3. The molecular formula is C44H52N6O7. The van der Waals surface area contributed by atoms with E-state index in [1.54, 1.807) is 27.0 Å². The standard InChI is InChI=1S/C44H52N6O7/c1-7-26(2)38(49-40(52)37-23-31-30-18-12-14-20-33(30)46-36(31)25-50(37)43(55)57-44(3,4)5)41(53)47-34(21-27-15-9-8-10-16-27)39(51)48-35(42(54)56-6)22-28-24-45-32-19-13-11-17-29(28)32/h8-20,24,26,34-35,37-38,45-46H,7,21-23,25H2,1-6H3,(H,47,53)(H,48,51)(H,49,52)/t26-,34-,35-,37-,38-/m0/s1. The third-order valence-corrected chi connectivity index (χ3v) is 10.5. The second-order valence-electron chi connectivity index (χ2n) is 15.7. The molecule has 300 valence electrons. The minimum Gasteiger partial charge on any atom is -0.467 e. The van der Waals surface area contributed by atoms with E-state index >= 15 is 0 Å². The molecule has 6 rings (SSSR count). The molecule has 5 atom stereocenters. The topological polar surface area (TPSA) is 175 Å². The molecule has 3 aromatic carbocycles. The van der Waals surface area contributed by atoms with Crippen LogP contribution in [0.4, 0.5) is 4.79 Å². The molecule has 0 radical (unpaired) electrons. The molecule has 0 saturated heterocycles. The Labute approximate surface area is 332 Å². The van der Waals surface area contributed by atoms with Crippen molar-refractivity contribution in [3.8, 4) is 0 Å². The first-order valence-corrected chi connectivity index (χ1v) is 19.4. The van der Waals surface area contributed by atoms with Crippen LogP contribution in [0.5, 0.6) is 0 Å². The molecule has 5 aromatic rings. The number of fused-ring (bicyclic) bond motifs is 4. The van der Waals surface area contributed by atoms with E-state index in [0.717, 1.165) is 44.2 Å². The molecule has 3 heterocycles. The lowest BCUT2D eigenvalue weighted by molar-refractivity contribution is -0.145. The second kappa shape index (κ2) is 17.4. The van der Waals surface area contributed by atoms with Crippen LogP contribution in [-0.4, -0.2) is 81.5 Å². The van der Waals surface area contributed by atoms with Crippen molar-refractivity contribution in [3.05, 3.63) is 107 Å². The largest absolute Gasteiger partial charge is 0.467 e. The van der Waals surface area contributed by atoms with Crippen LogP contribution >= 0.6 is 0 Å². The summed E-state index contributed by atoms with van der Waals surface area (Å²) in [4.78, 5) is 77.7. The molecule has 1 aliphatic heterocycles. The lowest BCUT2D eigenvalue weighted by atomic mass is 9.94. The Morgan fingerprint density at radius 2 is 1.47 bits per heavy atom. The summed E-state index contributed by atoms with van der Waals surface area (Å²) >= 11 is 0. The number of carbonyl (C=O) groups is 5. The molecule has 13 nitrogen and oxygen atoms in total. The fourth-order valence-corrected chi connectivity index (χ4v) is 7.35. The minimum atomic E-state index is -1.12. The predicted molar refractivity (Wildman–Crippen MR) is 217 cm³/mol. The zero-order valence-electron chi connectivity index (χ0n) is 33.3. The highest BCUT2D eigenvalue weighted by Gasteiger charge is 2.41. The number of methoxy groups -OCH3 is 1. The normalized spacial score (nSPS) is 16.2. The number of carbonyl (C=O) groups excluding carboxylic acids is 5. The quantitative estimate of drug-likeness (QED) is 0.0986. The highest BCUT2D eigenvalue weighted by atomic mass is 16.6. The third kappa shape index (κ3) is 9.48. The van der Waals surface area contributed by atoms with Gasteiger partial charge in [0.1, 0.15) is 29.8 Å². The van der Waals surface area contributed by atoms with Gasteiger partial charge >= 0.3 is 12.1 Å². The van der Waals surface area contributed by atoms with E-state index in [0.29, 0.717) is 6.42 Å². The molecule has 0 saturated carbocycles. The first-order chi connectivity index (χ1) is 27.3. The maximum Gasteiger partial charge on any atom is 0.411 e. The van der Waals surface area contributed by atoms with Crippen molar-refractivity contribution >= 4 is 51.6 Å². The van der Waals surface area contributed by atoms with Crippen LogP contribution in [0.3, 0.4) is 0 Å². The van der Waals surface area contributed by atoms with Gasteiger partial charge in [-0.3, -0.25) is 19.3 Å². The smallest absolute Gasteiger partial charge is 0.411 e. The van der Waals surface area contributed by atoms with Gasteiger partial charge in [-0.15, -0.1) is 0 Å². The molecule has 0 aliphatic carbocycles. The van der Waals surface area contributed by atoms with Gasteiger partial charge in [0, 0.05) is 53.0 Å². The molecule has 5 N–H and O–H groups in total. The van der Waals surface area contributed by atoms with Crippen molar-refractivity contribution in [1.29, 1.82) is 0 Å². The molecule has 1 aliphatic rings. The summed E-state index contributed by atoms with van der Waals surface area (Å²) in [6.45, 7) is 9.15. The Balaban J connectivity index is 1.25. The van der Waals surface area contributed by atoms with Crippen LogP contribution in [0, 0.1) is 5.92 Å². The van der Waals surface area contributed by atoms with Crippen molar-refractivity contribution in [2.45, 2.75) is 96.6 Å². The molecule has 2 aromatic heterocycles. The lowest BCUT2D eigenvalue weighted by Gasteiger charge is -2.37. The Bertz CT molecular complexity index is 2240. The number of nitrogens with zero attached hydrogens (tertiary/aromatic N) is 1. The maximum atomic E-state index is 14.4. The number of H-pyrrole nitrogens is 2. The van der Waals surface area contributed by atoms with Gasteiger partial charge in [0.15, 0.2) is 0 Å². The SMILES string of the molecule is CC[C@H](C)[C@H](NC(=O)[C@@H]1Cc2c([nH]c3ccccc23)CN1C(=O)OC(C)(C)C)C(=O)N[C@@H](Cc1ccccc1)C(=O)N[C@@H](Cc1c[nH]c2ccccc12)C(=O)OC. The molecule has 13 heteroatoms. The number of nitrogens with one attached hydrogen (secondary N) is 5. The zero-order chi connectivity index (χ0) is 40.9. The average Bonchev–Trinajstić information content (AvgIpc) is 3.78. The Kier molecular flexibility index (Phi) is 12.3. The lowest BCUT2D eigenvalue weighted by Crippen LogP contribution is -2.61. The average molecular weight is 777 g/mol. The molecule has 0 bridgehead atoms. The molecule has 57 heavy (non-hydrogen) atoms. The van der Waals surface area contributed by atoms with E-state index in [9.17, 15) is 24.0 Å². The van der Waals surface area contributed by atoms with E-state index in [4.69, 9.17) is 9.47 Å². The summed E-state index contributed by atoms with van der Waals surface area (Å²) in [5, 5.41) is 10.6. The third-order valence-electron chi connectivity index (χ3n) is 10.5. The monoisotopic (exact) mass is 776 g/mol. The minimum absolute atomic E-state index is 0.108. The summed E-state index contributed by atoms with van der Waals surface area (Å²) in [5.74, 6) is -2.69. The summed E-state index contributed by atoms with van der Waals surface area (Å²) in [5.41, 5.74) is 4.29. The fraction of sp³-hybridized carbons (Fsp3) is 0.386. The number of ether oxygens (including phenoxy) is 2. The van der Waals surface area contributed by atoms with Crippen molar-refractivity contribution in [2.75, 3.05) is 7.11 Å². The van der Waals surface area contributed by atoms with Crippen molar-refractivity contribution in [3.63, 3.8) is 0 Å². The molecule has 0 fully saturated rings.